The van der Waals surface area contributed by atoms with Gasteiger partial charge in [-0.1, -0.05) is 30.3 Å². The smallest absolute Gasteiger partial charge is 0.115 e. The fraction of sp³-hybridized carbons (Fsp3) is 0.0769. The first-order valence-corrected chi connectivity index (χ1v) is 5.11. The van der Waals surface area contributed by atoms with Crippen LogP contribution in [0.2, 0.25) is 0 Å². The molecular weight excluding hydrogens is 200 g/mol. The minimum atomic E-state index is 0.247. The number of aromatic hydroxyl groups is 1. The molecule has 3 nitrogen and oxygen atoms in total. The Bertz CT molecular complexity index is 439. The molecule has 0 aliphatic rings. The predicted molar refractivity (Wildman–Crippen MR) is 64.9 cm³/mol. The topological polar surface area (TPSA) is 49.5 Å². The Labute approximate surface area is 94.7 Å². The molecule has 0 aliphatic carbocycles. The lowest BCUT2D eigenvalue weighted by atomic mass is 10.2. The average Bonchev–Trinajstić information content (AvgIpc) is 2.31. The van der Waals surface area contributed by atoms with Crippen molar-refractivity contribution in [1.82, 2.24) is 0 Å². The number of phenolic OH excluding ortho intramolecular Hbond substituents is 1. The van der Waals surface area contributed by atoms with Crippen LogP contribution in [0.4, 0.5) is 5.69 Å². The van der Waals surface area contributed by atoms with E-state index in [2.05, 4.69) is 0 Å². The van der Waals surface area contributed by atoms with Crippen LogP contribution in [0.1, 0.15) is 5.56 Å². The first-order chi connectivity index (χ1) is 7.75. The lowest BCUT2D eigenvalue weighted by Gasteiger charge is -2.18. The molecule has 0 spiro atoms. The molecular formula is C13H14N2O. The van der Waals surface area contributed by atoms with Crippen LogP contribution in [-0.4, -0.2) is 5.11 Å². The quantitative estimate of drug-likeness (QED) is 0.608. The first kappa shape index (κ1) is 10.5. The summed E-state index contributed by atoms with van der Waals surface area (Å²) in [5, 5.41) is 10.8. The van der Waals surface area contributed by atoms with Crippen LogP contribution in [-0.2, 0) is 6.54 Å². The van der Waals surface area contributed by atoms with E-state index in [4.69, 9.17) is 10.9 Å². The highest BCUT2D eigenvalue weighted by Gasteiger charge is 2.01. The molecule has 0 amide bonds. The molecule has 0 aromatic heterocycles. The van der Waals surface area contributed by atoms with Crippen molar-refractivity contribution in [2.45, 2.75) is 6.54 Å². The van der Waals surface area contributed by atoms with E-state index < -0.39 is 0 Å². The third-order valence-corrected chi connectivity index (χ3v) is 2.38. The maximum atomic E-state index is 9.17. The second kappa shape index (κ2) is 4.68. The number of phenols is 1. The number of hydrogen-bond donors (Lipinski definition) is 2. The summed E-state index contributed by atoms with van der Waals surface area (Å²) in [5.41, 5.74) is 2.03. The van der Waals surface area contributed by atoms with Gasteiger partial charge in [0.2, 0.25) is 0 Å². The van der Waals surface area contributed by atoms with Gasteiger partial charge in [0.1, 0.15) is 5.75 Å². The number of hydrazine groups is 1. The van der Waals surface area contributed by atoms with Gasteiger partial charge in [0, 0.05) is 0 Å². The molecule has 2 aromatic carbocycles. The Hall–Kier alpha value is -2.00. The van der Waals surface area contributed by atoms with Crippen LogP contribution in [0, 0.1) is 0 Å². The highest BCUT2D eigenvalue weighted by Crippen LogP contribution is 2.17. The van der Waals surface area contributed by atoms with E-state index in [1.807, 2.05) is 30.3 Å². The monoisotopic (exact) mass is 214 g/mol. The number of benzene rings is 2. The van der Waals surface area contributed by atoms with Gasteiger partial charge in [0.15, 0.2) is 0 Å². The Morgan fingerprint density at radius 3 is 2.19 bits per heavy atom. The van der Waals surface area contributed by atoms with Gasteiger partial charge in [0.25, 0.3) is 0 Å². The van der Waals surface area contributed by atoms with Gasteiger partial charge < -0.3 is 10.1 Å². The Morgan fingerprint density at radius 1 is 0.938 bits per heavy atom. The van der Waals surface area contributed by atoms with E-state index in [9.17, 15) is 0 Å². The van der Waals surface area contributed by atoms with Gasteiger partial charge in [-0.2, -0.15) is 0 Å². The summed E-state index contributed by atoms with van der Waals surface area (Å²) in [6.07, 6.45) is 0. The zero-order chi connectivity index (χ0) is 11.4. The van der Waals surface area contributed by atoms with Gasteiger partial charge in [-0.05, 0) is 29.8 Å². The standard InChI is InChI=1S/C13H14N2O/c14-15(10-11-4-2-1-3-5-11)12-6-8-13(16)9-7-12/h1-9,16H,10,14H2. The fourth-order valence-electron chi connectivity index (χ4n) is 1.52. The van der Waals surface area contributed by atoms with Crippen molar-refractivity contribution >= 4 is 5.69 Å². The molecule has 3 heteroatoms. The van der Waals surface area contributed by atoms with E-state index in [0.29, 0.717) is 6.54 Å². The van der Waals surface area contributed by atoms with Crippen molar-refractivity contribution < 1.29 is 5.11 Å². The van der Waals surface area contributed by atoms with E-state index in [1.165, 1.54) is 0 Å². The average molecular weight is 214 g/mol. The van der Waals surface area contributed by atoms with E-state index in [-0.39, 0.29) is 5.75 Å². The minimum absolute atomic E-state index is 0.247. The molecule has 0 radical (unpaired) electrons. The summed E-state index contributed by atoms with van der Waals surface area (Å²) in [5.74, 6) is 6.18. The maximum Gasteiger partial charge on any atom is 0.115 e. The van der Waals surface area contributed by atoms with Crippen LogP contribution < -0.4 is 10.9 Å². The summed E-state index contributed by atoms with van der Waals surface area (Å²) in [6, 6.07) is 16.8. The molecule has 16 heavy (non-hydrogen) atoms. The molecule has 3 N–H and O–H groups in total. The van der Waals surface area contributed by atoms with Crippen molar-refractivity contribution in [3.63, 3.8) is 0 Å². The van der Waals surface area contributed by atoms with Gasteiger partial charge in [-0.25, -0.2) is 5.84 Å². The Morgan fingerprint density at radius 2 is 1.56 bits per heavy atom. The zero-order valence-corrected chi connectivity index (χ0v) is 8.88. The molecule has 0 bridgehead atoms. The van der Waals surface area contributed by atoms with Crippen molar-refractivity contribution in [3.8, 4) is 5.75 Å². The molecule has 0 heterocycles. The van der Waals surface area contributed by atoms with Crippen LogP contribution in [0.15, 0.2) is 54.6 Å². The van der Waals surface area contributed by atoms with Crippen molar-refractivity contribution in [1.29, 1.82) is 0 Å². The molecule has 0 fully saturated rings. The van der Waals surface area contributed by atoms with E-state index in [0.717, 1.165) is 11.3 Å². The van der Waals surface area contributed by atoms with Gasteiger partial charge in [-0.15, -0.1) is 0 Å². The summed E-state index contributed by atoms with van der Waals surface area (Å²) in [4.78, 5) is 0. The van der Waals surface area contributed by atoms with Gasteiger partial charge in [0.05, 0.1) is 12.2 Å². The lowest BCUT2D eigenvalue weighted by molar-refractivity contribution is 0.475. The number of nitrogens with two attached hydrogens (primary N) is 1. The van der Waals surface area contributed by atoms with Gasteiger partial charge >= 0.3 is 0 Å². The maximum absolute atomic E-state index is 9.17. The number of hydrogen-bond acceptors (Lipinski definition) is 3. The SMILES string of the molecule is NN(Cc1ccccc1)c1ccc(O)cc1. The molecule has 2 rings (SSSR count). The molecule has 0 atom stereocenters. The minimum Gasteiger partial charge on any atom is -0.508 e. The molecule has 0 saturated heterocycles. The highest BCUT2D eigenvalue weighted by atomic mass is 16.3. The number of rotatable bonds is 3. The Balaban J connectivity index is 2.09. The lowest BCUT2D eigenvalue weighted by Crippen LogP contribution is -2.29. The van der Waals surface area contributed by atoms with Crippen LogP contribution in [0.25, 0.3) is 0 Å². The first-order valence-electron chi connectivity index (χ1n) is 5.11. The fourth-order valence-corrected chi connectivity index (χ4v) is 1.52. The molecule has 0 aliphatic heterocycles. The molecule has 2 aromatic rings. The molecule has 0 unspecified atom stereocenters. The van der Waals surface area contributed by atoms with E-state index in [1.54, 1.807) is 29.3 Å². The third kappa shape index (κ3) is 2.52. The van der Waals surface area contributed by atoms with Gasteiger partial charge in [-0.3, -0.25) is 0 Å². The molecule has 82 valence electrons. The van der Waals surface area contributed by atoms with Crippen LogP contribution in [0.3, 0.4) is 0 Å². The van der Waals surface area contributed by atoms with Crippen LogP contribution >= 0.6 is 0 Å². The second-order valence-electron chi connectivity index (χ2n) is 3.63. The van der Waals surface area contributed by atoms with E-state index >= 15 is 0 Å². The largest absolute Gasteiger partial charge is 0.508 e. The predicted octanol–water partition coefficient (Wildman–Crippen LogP) is 2.27. The van der Waals surface area contributed by atoms with Crippen molar-refractivity contribution in [2.24, 2.45) is 5.84 Å². The zero-order valence-electron chi connectivity index (χ0n) is 8.88. The summed E-state index contributed by atoms with van der Waals surface area (Å²) in [7, 11) is 0. The third-order valence-electron chi connectivity index (χ3n) is 2.38. The summed E-state index contributed by atoms with van der Waals surface area (Å²) in [6.45, 7) is 0.644. The summed E-state index contributed by atoms with van der Waals surface area (Å²) < 4.78 is 0. The van der Waals surface area contributed by atoms with Crippen LogP contribution in [0.5, 0.6) is 5.75 Å². The van der Waals surface area contributed by atoms with Crippen molar-refractivity contribution in [3.05, 3.63) is 60.2 Å². The second-order valence-corrected chi connectivity index (χ2v) is 3.63. The van der Waals surface area contributed by atoms with Crippen molar-refractivity contribution in [2.75, 3.05) is 5.01 Å². The normalized spacial score (nSPS) is 10.1. The Kier molecular flexibility index (Phi) is 3.08. The number of anilines is 1. The summed E-state index contributed by atoms with van der Waals surface area (Å²) >= 11 is 0. The highest BCUT2D eigenvalue weighted by molar-refractivity contribution is 5.47. The molecule has 0 saturated carbocycles. The number of nitrogens with zero attached hydrogens (tertiary/aromatic N) is 1.